The Bertz CT molecular complexity index is 755. The molecule has 1 unspecified atom stereocenters. The SMILES string of the molecule is CC(NCc1cccc(-c2ncn[nH]2)c1)c1cccc(CO)c1. The number of benzene rings is 2. The normalized spacial score (nSPS) is 12.3. The second kappa shape index (κ2) is 7.17. The van der Waals surface area contributed by atoms with Crippen LogP contribution in [0.4, 0.5) is 0 Å². The van der Waals surface area contributed by atoms with Crippen molar-refractivity contribution in [3.63, 3.8) is 0 Å². The van der Waals surface area contributed by atoms with Gasteiger partial charge in [0.2, 0.25) is 0 Å². The minimum atomic E-state index is 0.0692. The van der Waals surface area contributed by atoms with E-state index in [1.807, 2.05) is 30.3 Å². The van der Waals surface area contributed by atoms with Gasteiger partial charge < -0.3 is 10.4 Å². The van der Waals surface area contributed by atoms with Gasteiger partial charge in [-0.25, -0.2) is 4.98 Å². The number of rotatable bonds is 6. The first kappa shape index (κ1) is 15.4. The molecule has 0 saturated heterocycles. The summed E-state index contributed by atoms with van der Waals surface area (Å²) in [7, 11) is 0. The molecule has 0 aliphatic rings. The maximum absolute atomic E-state index is 9.24. The number of H-pyrrole nitrogens is 1. The molecule has 0 spiro atoms. The van der Waals surface area contributed by atoms with Crippen LogP contribution in [-0.2, 0) is 13.2 Å². The topological polar surface area (TPSA) is 73.8 Å². The van der Waals surface area contributed by atoms with E-state index in [1.54, 1.807) is 0 Å². The highest BCUT2D eigenvalue weighted by atomic mass is 16.3. The standard InChI is InChI=1S/C18H20N4O/c1-13(16-6-3-5-15(9-16)11-23)19-10-14-4-2-7-17(8-14)18-20-12-21-22-18/h2-9,12-13,19,23H,10-11H2,1H3,(H,20,21,22). The first-order valence-corrected chi connectivity index (χ1v) is 7.64. The maximum atomic E-state index is 9.24. The zero-order valence-electron chi connectivity index (χ0n) is 13.0. The van der Waals surface area contributed by atoms with Crippen LogP contribution in [0.2, 0.25) is 0 Å². The van der Waals surface area contributed by atoms with Crippen molar-refractivity contribution in [3.8, 4) is 11.4 Å². The van der Waals surface area contributed by atoms with E-state index in [2.05, 4.69) is 45.6 Å². The minimum absolute atomic E-state index is 0.0692. The molecule has 1 atom stereocenters. The molecule has 0 aliphatic heterocycles. The summed E-state index contributed by atoms with van der Waals surface area (Å²) in [6.07, 6.45) is 1.51. The predicted octanol–water partition coefficient (Wildman–Crippen LogP) is 2.81. The summed E-state index contributed by atoms with van der Waals surface area (Å²) in [5.41, 5.74) is 4.31. The molecule has 0 fully saturated rings. The summed E-state index contributed by atoms with van der Waals surface area (Å²) >= 11 is 0. The zero-order valence-corrected chi connectivity index (χ0v) is 13.0. The van der Waals surface area contributed by atoms with E-state index >= 15 is 0 Å². The van der Waals surface area contributed by atoms with Crippen molar-refractivity contribution in [2.75, 3.05) is 0 Å². The highest BCUT2D eigenvalue weighted by molar-refractivity contribution is 5.55. The molecule has 0 aliphatic carbocycles. The number of hydrogen-bond acceptors (Lipinski definition) is 4. The highest BCUT2D eigenvalue weighted by Crippen LogP contribution is 2.18. The third-order valence-electron chi connectivity index (χ3n) is 3.86. The van der Waals surface area contributed by atoms with Gasteiger partial charge in [-0.05, 0) is 29.7 Å². The van der Waals surface area contributed by atoms with E-state index in [0.29, 0.717) is 0 Å². The van der Waals surface area contributed by atoms with Crippen molar-refractivity contribution in [2.45, 2.75) is 26.1 Å². The molecular formula is C18H20N4O. The van der Waals surface area contributed by atoms with Crippen molar-refractivity contribution in [3.05, 3.63) is 71.5 Å². The number of aromatic amines is 1. The Morgan fingerprint density at radius 2 is 1.96 bits per heavy atom. The Morgan fingerprint density at radius 3 is 2.74 bits per heavy atom. The molecule has 3 aromatic rings. The van der Waals surface area contributed by atoms with Crippen molar-refractivity contribution in [1.82, 2.24) is 20.5 Å². The van der Waals surface area contributed by atoms with Crippen LogP contribution < -0.4 is 5.32 Å². The van der Waals surface area contributed by atoms with E-state index in [-0.39, 0.29) is 12.6 Å². The van der Waals surface area contributed by atoms with Gasteiger partial charge in [-0.1, -0.05) is 42.5 Å². The van der Waals surface area contributed by atoms with Crippen LogP contribution >= 0.6 is 0 Å². The number of aliphatic hydroxyl groups is 1. The van der Waals surface area contributed by atoms with Gasteiger partial charge in [0, 0.05) is 18.2 Å². The minimum Gasteiger partial charge on any atom is -0.392 e. The first-order valence-electron chi connectivity index (χ1n) is 7.64. The molecule has 0 amide bonds. The van der Waals surface area contributed by atoms with E-state index < -0.39 is 0 Å². The van der Waals surface area contributed by atoms with Gasteiger partial charge >= 0.3 is 0 Å². The fourth-order valence-electron chi connectivity index (χ4n) is 2.52. The van der Waals surface area contributed by atoms with Crippen LogP contribution in [0.15, 0.2) is 54.9 Å². The lowest BCUT2D eigenvalue weighted by atomic mass is 10.0. The Hall–Kier alpha value is -2.50. The summed E-state index contributed by atoms with van der Waals surface area (Å²) < 4.78 is 0. The summed E-state index contributed by atoms with van der Waals surface area (Å²) in [6.45, 7) is 2.95. The molecular weight excluding hydrogens is 288 g/mol. The third kappa shape index (κ3) is 3.83. The van der Waals surface area contributed by atoms with Gasteiger partial charge in [0.15, 0.2) is 5.82 Å². The molecule has 23 heavy (non-hydrogen) atoms. The fraction of sp³-hybridized carbons (Fsp3) is 0.222. The Morgan fingerprint density at radius 1 is 1.13 bits per heavy atom. The second-order valence-corrected chi connectivity index (χ2v) is 5.54. The maximum Gasteiger partial charge on any atom is 0.155 e. The number of nitrogens with one attached hydrogen (secondary N) is 2. The van der Waals surface area contributed by atoms with Crippen LogP contribution in [0.25, 0.3) is 11.4 Å². The Balaban J connectivity index is 1.67. The van der Waals surface area contributed by atoms with Crippen molar-refractivity contribution in [2.24, 2.45) is 0 Å². The molecule has 5 heteroatoms. The number of hydrogen-bond donors (Lipinski definition) is 3. The van der Waals surface area contributed by atoms with Crippen LogP contribution in [0.3, 0.4) is 0 Å². The molecule has 5 nitrogen and oxygen atoms in total. The van der Waals surface area contributed by atoms with Crippen molar-refractivity contribution >= 4 is 0 Å². The third-order valence-corrected chi connectivity index (χ3v) is 3.86. The van der Waals surface area contributed by atoms with E-state index in [0.717, 1.165) is 23.5 Å². The molecule has 3 N–H and O–H groups in total. The predicted molar refractivity (Wildman–Crippen MR) is 89.4 cm³/mol. The summed E-state index contributed by atoms with van der Waals surface area (Å²) in [4.78, 5) is 4.18. The molecule has 0 saturated carbocycles. The zero-order chi connectivity index (χ0) is 16.1. The van der Waals surface area contributed by atoms with Crippen LogP contribution in [-0.4, -0.2) is 20.3 Å². The molecule has 118 valence electrons. The average molecular weight is 308 g/mol. The number of aliphatic hydroxyl groups excluding tert-OH is 1. The first-order chi connectivity index (χ1) is 11.3. The quantitative estimate of drug-likeness (QED) is 0.654. The lowest BCUT2D eigenvalue weighted by Crippen LogP contribution is -2.18. The average Bonchev–Trinajstić information content (AvgIpc) is 3.14. The fourth-order valence-corrected chi connectivity index (χ4v) is 2.52. The van der Waals surface area contributed by atoms with Gasteiger partial charge in [0.25, 0.3) is 0 Å². The Labute approximate surface area is 135 Å². The lowest BCUT2D eigenvalue weighted by Gasteiger charge is -2.15. The molecule has 0 bridgehead atoms. The van der Waals surface area contributed by atoms with Crippen molar-refractivity contribution < 1.29 is 5.11 Å². The van der Waals surface area contributed by atoms with Gasteiger partial charge in [0.05, 0.1) is 6.61 Å². The van der Waals surface area contributed by atoms with Gasteiger partial charge in [-0.15, -0.1) is 0 Å². The summed E-state index contributed by atoms with van der Waals surface area (Å²) in [6, 6.07) is 16.4. The smallest absolute Gasteiger partial charge is 0.155 e. The highest BCUT2D eigenvalue weighted by Gasteiger charge is 2.07. The number of aromatic nitrogens is 3. The Kier molecular flexibility index (Phi) is 4.80. The molecule has 1 heterocycles. The summed E-state index contributed by atoms with van der Waals surface area (Å²) in [5.74, 6) is 0.774. The molecule has 3 rings (SSSR count). The van der Waals surface area contributed by atoms with Crippen molar-refractivity contribution in [1.29, 1.82) is 0 Å². The monoisotopic (exact) mass is 308 g/mol. The molecule has 0 radical (unpaired) electrons. The largest absolute Gasteiger partial charge is 0.392 e. The van der Waals surface area contributed by atoms with Gasteiger partial charge in [-0.2, -0.15) is 5.10 Å². The van der Waals surface area contributed by atoms with Crippen LogP contribution in [0.1, 0.15) is 29.7 Å². The van der Waals surface area contributed by atoms with Crippen LogP contribution in [0.5, 0.6) is 0 Å². The van der Waals surface area contributed by atoms with E-state index in [1.165, 1.54) is 17.5 Å². The van der Waals surface area contributed by atoms with Crippen LogP contribution in [0, 0.1) is 0 Å². The number of nitrogens with zero attached hydrogens (tertiary/aromatic N) is 2. The second-order valence-electron chi connectivity index (χ2n) is 5.54. The molecule has 1 aromatic heterocycles. The summed E-state index contributed by atoms with van der Waals surface area (Å²) in [5, 5.41) is 19.5. The van der Waals surface area contributed by atoms with E-state index in [4.69, 9.17) is 0 Å². The van der Waals surface area contributed by atoms with Gasteiger partial charge in [-0.3, -0.25) is 5.10 Å². The van der Waals surface area contributed by atoms with E-state index in [9.17, 15) is 5.11 Å². The molecule has 2 aromatic carbocycles. The lowest BCUT2D eigenvalue weighted by molar-refractivity contribution is 0.281. The van der Waals surface area contributed by atoms with Gasteiger partial charge in [0.1, 0.15) is 6.33 Å².